The molecule has 2 aliphatic rings. The van der Waals surface area contributed by atoms with Crippen molar-refractivity contribution < 1.29 is 9.59 Å². The van der Waals surface area contributed by atoms with E-state index >= 15 is 0 Å². The molecule has 1 saturated carbocycles. The maximum Gasteiger partial charge on any atom is 0.245 e. The van der Waals surface area contributed by atoms with Crippen LogP contribution in [0.4, 0.5) is 0 Å². The highest BCUT2D eigenvalue weighted by atomic mass is 32.2. The number of hydrogen-bond donors (Lipinski definition) is 1. The molecule has 4 nitrogen and oxygen atoms in total. The molecule has 0 radical (unpaired) electrons. The van der Waals surface area contributed by atoms with E-state index in [4.69, 9.17) is 0 Å². The van der Waals surface area contributed by atoms with Gasteiger partial charge in [0, 0.05) is 6.54 Å². The van der Waals surface area contributed by atoms with E-state index in [0.29, 0.717) is 5.92 Å². The Morgan fingerprint density at radius 3 is 2.60 bits per heavy atom. The van der Waals surface area contributed by atoms with Gasteiger partial charge in [0.25, 0.3) is 0 Å². The van der Waals surface area contributed by atoms with Crippen molar-refractivity contribution in [3.63, 3.8) is 0 Å². The van der Waals surface area contributed by atoms with Crippen LogP contribution in [0.15, 0.2) is 0 Å². The summed E-state index contributed by atoms with van der Waals surface area (Å²) in [5.41, 5.74) is 0. The number of piperazine rings is 1. The van der Waals surface area contributed by atoms with E-state index in [0.717, 1.165) is 31.6 Å². The highest BCUT2D eigenvalue weighted by Gasteiger charge is 2.42. The van der Waals surface area contributed by atoms with Crippen LogP contribution in [-0.2, 0) is 9.59 Å². The first-order valence-corrected chi connectivity index (χ1v) is 9.14. The van der Waals surface area contributed by atoms with Crippen molar-refractivity contribution in [3.8, 4) is 0 Å². The SMILES string of the molecule is CSCCCN1C(=O)C(C)NC(=O)C1C1CCCCC1. The lowest BCUT2D eigenvalue weighted by Crippen LogP contribution is -2.64. The number of carbonyl (C=O) groups is 2. The number of nitrogens with zero attached hydrogens (tertiary/aromatic N) is 1. The lowest BCUT2D eigenvalue weighted by Gasteiger charge is -2.42. The minimum atomic E-state index is -0.364. The number of carbonyl (C=O) groups excluding carboxylic acids is 2. The Labute approximate surface area is 126 Å². The van der Waals surface area contributed by atoms with Gasteiger partial charge in [0.2, 0.25) is 11.8 Å². The molecule has 1 heterocycles. The van der Waals surface area contributed by atoms with E-state index in [1.54, 1.807) is 18.7 Å². The Morgan fingerprint density at radius 2 is 1.95 bits per heavy atom. The Hall–Kier alpha value is -0.710. The Balaban J connectivity index is 2.09. The average Bonchev–Trinajstić information content (AvgIpc) is 2.45. The third-order valence-corrected chi connectivity index (χ3v) is 5.16. The molecular weight excluding hydrogens is 272 g/mol. The lowest BCUT2D eigenvalue weighted by atomic mass is 9.81. The summed E-state index contributed by atoms with van der Waals surface area (Å²) in [6.45, 7) is 2.51. The summed E-state index contributed by atoms with van der Waals surface area (Å²) in [4.78, 5) is 26.7. The fourth-order valence-corrected chi connectivity index (χ4v) is 3.85. The molecule has 1 N–H and O–H groups in total. The van der Waals surface area contributed by atoms with Crippen LogP contribution in [0, 0.1) is 5.92 Å². The van der Waals surface area contributed by atoms with Gasteiger partial charge in [-0.2, -0.15) is 11.8 Å². The number of rotatable bonds is 5. The van der Waals surface area contributed by atoms with Crippen LogP contribution in [-0.4, -0.2) is 47.4 Å². The molecular formula is C15H26N2O2S. The predicted molar refractivity (Wildman–Crippen MR) is 82.7 cm³/mol. The minimum Gasteiger partial charge on any atom is -0.343 e. The van der Waals surface area contributed by atoms with Gasteiger partial charge in [-0.05, 0) is 44.1 Å². The number of thioether (sulfide) groups is 1. The highest BCUT2D eigenvalue weighted by molar-refractivity contribution is 7.98. The van der Waals surface area contributed by atoms with Gasteiger partial charge in [0.15, 0.2) is 0 Å². The molecule has 114 valence electrons. The quantitative estimate of drug-likeness (QED) is 0.790. The second-order valence-corrected chi connectivity index (χ2v) is 6.94. The molecule has 0 aromatic rings. The molecule has 2 unspecified atom stereocenters. The molecule has 0 spiro atoms. The van der Waals surface area contributed by atoms with Crippen LogP contribution in [0.1, 0.15) is 45.4 Å². The van der Waals surface area contributed by atoms with Crippen LogP contribution in [0.3, 0.4) is 0 Å². The van der Waals surface area contributed by atoms with Crippen LogP contribution in [0.25, 0.3) is 0 Å². The monoisotopic (exact) mass is 298 g/mol. The van der Waals surface area contributed by atoms with E-state index in [-0.39, 0.29) is 23.9 Å². The summed E-state index contributed by atoms with van der Waals surface area (Å²) in [7, 11) is 0. The summed E-state index contributed by atoms with van der Waals surface area (Å²) in [5.74, 6) is 1.56. The second-order valence-electron chi connectivity index (χ2n) is 5.95. The van der Waals surface area contributed by atoms with Gasteiger partial charge in [-0.3, -0.25) is 9.59 Å². The standard InChI is InChI=1S/C15H26N2O2S/c1-11-15(19)17(9-6-10-20-2)13(14(18)16-11)12-7-4-3-5-8-12/h11-13H,3-10H2,1-2H3,(H,16,18). The van der Waals surface area contributed by atoms with Crippen molar-refractivity contribution in [1.29, 1.82) is 0 Å². The summed E-state index contributed by atoms with van der Waals surface area (Å²) >= 11 is 1.79. The zero-order valence-corrected chi connectivity index (χ0v) is 13.4. The molecule has 0 aromatic heterocycles. The fourth-order valence-electron chi connectivity index (χ4n) is 3.43. The van der Waals surface area contributed by atoms with Gasteiger partial charge in [-0.1, -0.05) is 19.3 Å². The van der Waals surface area contributed by atoms with Crippen molar-refractivity contribution in [2.45, 2.75) is 57.5 Å². The Morgan fingerprint density at radius 1 is 1.25 bits per heavy atom. The fraction of sp³-hybridized carbons (Fsp3) is 0.867. The second kappa shape index (κ2) is 7.34. The van der Waals surface area contributed by atoms with Gasteiger partial charge >= 0.3 is 0 Å². The number of hydrogen-bond acceptors (Lipinski definition) is 3. The van der Waals surface area contributed by atoms with Crippen molar-refractivity contribution in [2.75, 3.05) is 18.6 Å². The summed E-state index contributed by atoms with van der Waals surface area (Å²) in [6, 6.07) is -0.586. The van der Waals surface area contributed by atoms with Crippen molar-refractivity contribution >= 4 is 23.6 Å². The minimum absolute atomic E-state index is 0.0631. The molecule has 2 rings (SSSR count). The van der Waals surface area contributed by atoms with Crippen molar-refractivity contribution in [1.82, 2.24) is 10.2 Å². The predicted octanol–water partition coefficient (Wildman–Crippen LogP) is 2.04. The summed E-state index contributed by atoms with van der Waals surface area (Å²) in [6.07, 6.45) is 8.86. The van der Waals surface area contributed by atoms with E-state index < -0.39 is 0 Å². The molecule has 2 fully saturated rings. The van der Waals surface area contributed by atoms with Gasteiger partial charge in [-0.25, -0.2) is 0 Å². The summed E-state index contributed by atoms with van der Waals surface area (Å²) < 4.78 is 0. The molecule has 0 bridgehead atoms. The van der Waals surface area contributed by atoms with Crippen molar-refractivity contribution in [3.05, 3.63) is 0 Å². The highest BCUT2D eigenvalue weighted by Crippen LogP contribution is 2.31. The van der Waals surface area contributed by atoms with Crippen molar-refractivity contribution in [2.24, 2.45) is 5.92 Å². The maximum atomic E-state index is 12.4. The van der Waals surface area contributed by atoms with E-state index in [1.165, 1.54) is 19.3 Å². The Kier molecular flexibility index (Phi) is 5.75. The molecule has 2 amide bonds. The molecule has 0 aromatic carbocycles. The third kappa shape index (κ3) is 3.48. The topological polar surface area (TPSA) is 49.4 Å². The molecule has 2 atom stereocenters. The van der Waals surface area contributed by atoms with Crippen LogP contribution < -0.4 is 5.32 Å². The van der Waals surface area contributed by atoms with Crippen LogP contribution in [0.2, 0.25) is 0 Å². The first kappa shape index (κ1) is 15.7. The van der Waals surface area contributed by atoms with Crippen LogP contribution >= 0.6 is 11.8 Å². The lowest BCUT2D eigenvalue weighted by molar-refractivity contribution is -0.151. The third-order valence-electron chi connectivity index (χ3n) is 4.46. The van der Waals surface area contributed by atoms with E-state index in [9.17, 15) is 9.59 Å². The molecule has 1 aliphatic heterocycles. The summed E-state index contributed by atoms with van der Waals surface area (Å²) in [5, 5.41) is 2.86. The van der Waals surface area contributed by atoms with Gasteiger partial charge < -0.3 is 10.2 Å². The van der Waals surface area contributed by atoms with Gasteiger partial charge in [-0.15, -0.1) is 0 Å². The smallest absolute Gasteiger partial charge is 0.245 e. The first-order valence-electron chi connectivity index (χ1n) is 7.75. The maximum absolute atomic E-state index is 12.4. The van der Waals surface area contributed by atoms with E-state index in [2.05, 4.69) is 11.6 Å². The zero-order valence-electron chi connectivity index (χ0n) is 12.6. The molecule has 5 heteroatoms. The van der Waals surface area contributed by atoms with E-state index in [1.807, 2.05) is 4.90 Å². The molecule has 20 heavy (non-hydrogen) atoms. The first-order chi connectivity index (χ1) is 9.65. The Bertz CT molecular complexity index is 356. The molecule has 1 saturated heterocycles. The van der Waals surface area contributed by atoms with Gasteiger partial charge in [0.1, 0.15) is 12.1 Å². The largest absolute Gasteiger partial charge is 0.343 e. The average molecular weight is 298 g/mol. The number of amides is 2. The zero-order chi connectivity index (χ0) is 14.5. The van der Waals surface area contributed by atoms with Crippen LogP contribution in [0.5, 0.6) is 0 Å². The number of nitrogens with one attached hydrogen (secondary N) is 1. The molecule has 1 aliphatic carbocycles. The van der Waals surface area contributed by atoms with Gasteiger partial charge in [0.05, 0.1) is 0 Å². The normalized spacial score (nSPS) is 28.6.